The molecule has 2 atom stereocenters. The smallest absolute Gasteiger partial charge is 0.0897 e. The molecule has 2 N–H and O–H groups in total. The predicted molar refractivity (Wildman–Crippen MR) is 75.1 cm³/mol. The van der Waals surface area contributed by atoms with Gasteiger partial charge in [0.15, 0.2) is 0 Å². The lowest BCUT2D eigenvalue weighted by Gasteiger charge is -2.16. The van der Waals surface area contributed by atoms with Crippen molar-refractivity contribution in [1.82, 2.24) is 10.2 Å². The number of hydrogen-bond acceptors (Lipinski definition) is 4. The third kappa shape index (κ3) is 4.71. The van der Waals surface area contributed by atoms with Gasteiger partial charge in [-0.05, 0) is 57.0 Å². The normalized spacial score (nSPS) is 29.8. The molecule has 110 valence electrons. The van der Waals surface area contributed by atoms with E-state index >= 15 is 0 Å². The molecule has 0 radical (unpaired) electrons. The van der Waals surface area contributed by atoms with Gasteiger partial charge in [0.05, 0.1) is 12.7 Å². The Morgan fingerprint density at radius 2 is 2.00 bits per heavy atom. The van der Waals surface area contributed by atoms with Gasteiger partial charge in [-0.1, -0.05) is 0 Å². The highest BCUT2D eigenvalue weighted by Crippen LogP contribution is 2.31. The number of likely N-dealkylation sites (tertiary alicyclic amines) is 1. The minimum atomic E-state index is -0.348. The van der Waals surface area contributed by atoms with E-state index in [9.17, 15) is 5.11 Å². The van der Waals surface area contributed by atoms with Gasteiger partial charge in [-0.15, -0.1) is 0 Å². The van der Waals surface area contributed by atoms with Crippen LogP contribution in [0, 0.1) is 11.8 Å². The number of nitrogens with zero attached hydrogens (tertiary/aromatic N) is 1. The average Bonchev–Trinajstić information content (AvgIpc) is 3.31. The molecule has 2 aliphatic carbocycles. The molecule has 3 fully saturated rings. The molecule has 1 heterocycles. The van der Waals surface area contributed by atoms with Crippen molar-refractivity contribution >= 4 is 0 Å². The first kappa shape index (κ1) is 13.8. The SMILES string of the molecule is OC(CNCC1CCN(C2CC2)C1)COCC1CC1. The van der Waals surface area contributed by atoms with Crippen molar-refractivity contribution in [1.29, 1.82) is 0 Å². The first-order chi connectivity index (χ1) is 9.31. The summed E-state index contributed by atoms with van der Waals surface area (Å²) in [5.74, 6) is 1.56. The predicted octanol–water partition coefficient (Wildman–Crippen LogP) is 0.848. The molecule has 2 unspecified atom stereocenters. The maximum Gasteiger partial charge on any atom is 0.0897 e. The van der Waals surface area contributed by atoms with Gasteiger partial charge in [0.1, 0.15) is 0 Å². The molecule has 1 aliphatic heterocycles. The maximum absolute atomic E-state index is 9.81. The van der Waals surface area contributed by atoms with Gasteiger partial charge >= 0.3 is 0 Å². The van der Waals surface area contributed by atoms with Crippen molar-refractivity contribution < 1.29 is 9.84 Å². The van der Waals surface area contributed by atoms with Crippen LogP contribution in [0.4, 0.5) is 0 Å². The van der Waals surface area contributed by atoms with Gasteiger partial charge in [0, 0.05) is 25.7 Å². The van der Waals surface area contributed by atoms with E-state index in [4.69, 9.17) is 4.74 Å². The Morgan fingerprint density at radius 3 is 2.74 bits per heavy atom. The van der Waals surface area contributed by atoms with Crippen LogP contribution >= 0.6 is 0 Å². The quantitative estimate of drug-likeness (QED) is 0.651. The van der Waals surface area contributed by atoms with Crippen LogP contribution in [0.2, 0.25) is 0 Å². The van der Waals surface area contributed by atoms with E-state index in [1.807, 2.05) is 0 Å². The molecule has 19 heavy (non-hydrogen) atoms. The van der Waals surface area contributed by atoms with Gasteiger partial charge in [-0.2, -0.15) is 0 Å². The molecular weight excluding hydrogens is 240 g/mol. The van der Waals surface area contributed by atoms with E-state index < -0.39 is 0 Å². The Morgan fingerprint density at radius 1 is 1.16 bits per heavy atom. The van der Waals surface area contributed by atoms with Crippen molar-refractivity contribution in [3.8, 4) is 0 Å². The Hall–Kier alpha value is -0.160. The fourth-order valence-electron chi connectivity index (χ4n) is 2.97. The zero-order chi connectivity index (χ0) is 13.1. The Bertz CT molecular complexity index is 279. The minimum absolute atomic E-state index is 0.348. The molecule has 2 saturated carbocycles. The van der Waals surface area contributed by atoms with Crippen LogP contribution in [0.25, 0.3) is 0 Å². The van der Waals surface area contributed by atoms with Gasteiger partial charge < -0.3 is 20.1 Å². The molecule has 0 aromatic rings. The first-order valence-corrected chi connectivity index (χ1v) is 8.02. The van der Waals surface area contributed by atoms with Crippen molar-refractivity contribution in [3.63, 3.8) is 0 Å². The van der Waals surface area contributed by atoms with E-state index in [1.165, 1.54) is 45.2 Å². The van der Waals surface area contributed by atoms with Crippen LogP contribution in [0.5, 0.6) is 0 Å². The molecule has 0 bridgehead atoms. The highest BCUT2D eigenvalue weighted by atomic mass is 16.5. The molecule has 0 aromatic carbocycles. The third-order valence-corrected chi connectivity index (χ3v) is 4.55. The number of nitrogens with one attached hydrogen (secondary N) is 1. The minimum Gasteiger partial charge on any atom is -0.389 e. The number of aliphatic hydroxyl groups excluding tert-OH is 1. The summed E-state index contributed by atoms with van der Waals surface area (Å²) in [5.41, 5.74) is 0. The number of aliphatic hydroxyl groups is 1. The molecule has 4 nitrogen and oxygen atoms in total. The van der Waals surface area contributed by atoms with Crippen LogP contribution in [-0.4, -0.2) is 61.5 Å². The number of ether oxygens (including phenoxy) is 1. The van der Waals surface area contributed by atoms with Crippen LogP contribution in [0.1, 0.15) is 32.1 Å². The fourth-order valence-corrected chi connectivity index (χ4v) is 2.97. The van der Waals surface area contributed by atoms with Gasteiger partial charge in [-0.25, -0.2) is 0 Å². The monoisotopic (exact) mass is 268 g/mol. The molecule has 4 heteroatoms. The lowest BCUT2D eigenvalue weighted by atomic mass is 10.1. The van der Waals surface area contributed by atoms with E-state index in [1.54, 1.807) is 0 Å². The van der Waals surface area contributed by atoms with Gasteiger partial charge in [-0.3, -0.25) is 0 Å². The van der Waals surface area contributed by atoms with Gasteiger partial charge in [0.25, 0.3) is 0 Å². The van der Waals surface area contributed by atoms with Crippen molar-refractivity contribution in [2.45, 2.75) is 44.2 Å². The second-order valence-electron chi connectivity index (χ2n) is 6.67. The molecular formula is C15H28N2O2. The highest BCUT2D eigenvalue weighted by Gasteiger charge is 2.34. The van der Waals surface area contributed by atoms with Crippen LogP contribution in [0.15, 0.2) is 0 Å². The zero-order valence-electron chi connectivity index (χ0n) is 11.9. The lowest BCUT2D eigenvalue weighted by molar-refractivity contribution is 0.0322. The summed E-state index contributed by atoms with van der Waals surface area (Å²) in [7, 11) is 0. The summed E-state index contributed by atoms with van der Waals surface area (Å²) in [6.07, 6.45) is 6.42. The van der Waals surface area contributed by atoms with E-state index in [0.717, 1.165) is 31.0 Å². The molecule has 0 amide bonds. The highest BCUT2D eigenvalue weighted by molar-refractivity contribution is 4.90. The third-order valence-electron chi connectivity index (χ3n) is 4.55. The summed E-state index contributed by atoms with van der Waals surface area (Å²) in [5, 5.41) is 13.2. The summed E-state index contributed by atoms with van der Waals surface area (Å²) < 4.78 is 5.50. The molecule has 3 aliphatic rings. The first-order valence-electron chi connectivity index (χ1n) is 8.02. The van der Waals surface area contributed by atoms with Crippen LogP contribution in [-0.2, 0) is 4.74 Å². The fraction of sp³-hybridized carbons (Fsp3) is 1.00. The Kier molecular flexibility index (Phi) is 4.74. The second kappa shape index (κ2) is 6.53. The lowest BCUT2D eigenvalue weighted by Crippen LogP contribution is -2.34. The Balaban J connectivity index is 1.19. The van der Waals surface area contributed by atoms with Crippen molar-refractivity contribution in [3.05, 3.63) is 0 Å². The summed E-state index contributed by atoms with van der Waals surface area (Å²) in [6.45, 7) is 5.59. The molecule has 0 spiro atoms. The molecule has 3 rings (SSSR count). The van der Waals surface area contributed by atoms with Crippen molar-refractivity contribution in [2.75, 3.05) is 39.4 Å². The van der Waals surface area contributed by atoms with E-state index in [2.05, 4.69) is 10.2 Å². The van der Waals surface area contributed by atoms with Crippen LogP contribution < -0.4 is 5.32 Å². The summed E-state index contributed by atoms with van der Waals surface area (Å²) in [4.78, 5) is 2.64. The van der Waals surface area contributed by atoms with Crippen LogP contribution in [0.3, 0.4) is 0 Å². The summed E-state index contributed by atoms with van der Waals surface area (Å²) in [6, 6.07) is 0.909. The number of hydrogen-bond donors (Lipinski definition) is 2. The van der Waals surface area contributed by atoms with Crippen molar-refractivity contribution in [2.24, 2.45) is 11.8 Å². The van der Waals surface area contributed by atoms with Gasteiger partial charge in [0.2, 0.25) is 0 Å². The summed E-state index contributed by atoms with van der Waals surface area (Å²) >= 11 is 0. The molecule has 1 saturated heterocycles. The average molecular weight is 268 g/mol. The zero-order valence-corrected chi connectivity index (χ0v) is 11.9. The Labute approximate surface area is 116 Å². The second-order valence-corrected chi connectivity index (χ2v) is 6.67. The topological polar surface area (TPSA) is 44.7 Å². The number of rotatable bonds is 9. The largest absolute Gasteiger partial charge is 0.389 e. The maximum atomic E-state index is 9.81. The van der Waals surface area contributed by atoms with E-state index in [0.29, 0.717) is 13.2 Å². The molecule has 0 aromatic heterocycles. The standard InChI is InChI=1S/C15H28N2O2/c18-15(11-19-10-12-1-2-12)8-16-7-13-5-6-17(9-13)14-3-4-14/h12-16,18H,1-11H2. The van der Waals surface area contributed by atoms with E-state index in [-0.39, 0.29) is 6.10 Å².